The number of hydrogen-bond donors (Lipinski definition) is 0. The minimum atomic E-state index is -2.96. The first-order chi connectivity index (χ1) is 17.2. The molecule has 0 unspecified atom stereocenters. The lowest BCUT2D eigenvalue weighted by Gasteiger charge is -2.26. The van der Waals surface area contributed by atoms with E-state index in [4.69, 9.17) is 9.47 Å². The number of unbranched alkanes of at least 4 members (excludes halogenated alkanes) is 1. The molecule has 0 aliphatic heterocycles. The average molecular weight is 499 g/mol. The topological polar surface area (TPSA) is 60.9 Å². The molecule has 1 heterocycles. The van der Waals surface area contributed by atoms with Crippen LogP contribution in [-0.2, 0) is 11.3 Å². The number of hydrogen-bond acceptors (Lipinski definition) is 6. The Morgan fingerprint density at radius 3 is 2.36 bits per heavy atom. The quantitative estimate of drug-likeness (QED) is 0.207. The van der Waals surface area contributed by atoms with Gasteiger partial charge in [0.25, 0.3) is 0 Å². The molecule has 0 spiro atoms. The summed E-state index contributed by atoms with van der Waals surface area (Å²) in [4.78, 5) is 18.6. The van der Waals surface area contributed by atoms with Crippen molar-refractivity contribution in [1.82, 2.24) is 4.98 Å². The Kier molecular flexibility index (Phi) is 9.22. The maximum atomic E-state index is 13.0. The van der Waals surface area contributed by atoms with E-state index in [1.54, 1.807) is 36.7 Å². The lowest BCUT2D eigenvalue weighted by atomic mass is 10.1. The van der Waals surface area contributed by atoms with E-state index in [1.807, 2.05) is 56.9 Å². The van der Waals surface area contributed by atoms with Crippen molar-refractivity contribution in [2.75, 3.05) is 11.5 Å². The molecule has 0 amide bonds. The summed E-state index contributed by atoms with van der Waals surface area (Å²) in [5.74, 6) is -0.192. The van der Waals surface area contributed by atoms with Gasteiger partial charge in [-0.2, -0.15) is 8.78 Å². The molecule has 0 aliphatic carbocycles. The van der Waals surface area contributed by atoms with Gasteiger partial charge in [-0.05, 0) is 75.2 Å². The average Bonchev–Trinajstić information content (AvgIpc) is 2.83. The van der Waals surface area contributed by atoms with Crippen molar-refractivity contribution in [1.29, 1.82) is 0 Å². The summed E-state index contributed by atoms with van der Waals surface area (Å²) in [6.07, 6.45) is 5.14. The molecule has 36 heavy (non-hydrogen) atoms. The van der Waals surface area contributed by atoms with E-state index in [1.165, 1.54) is 6.07 Å². The number of aromatic nitrogens is 1. The van der Waals surface area contributed by atoms with Gasteiger partial charge in [0, 0.05) is 36.4 Å². The SMILES string of the molecule is CCCCOc1cc(N(Cc2cccnc2)c2ccc(C(=O)OC(C)(C)C)cc2)ccc1OC(F)F. The highest BCUT2D eigenvalue weighted by molar-refractivity contribution is 5.90. The summed E-state index contributed by atoms with van der Waals surface area (Å²) in [5, 5.41) is 0. The van der Waals surface area contributed by atoms with Crippen LogP contribution in [0.1, 0.15) is 56.5 Å². The second kappa shape index (κ2) is 12.3. The first kappa shape index (κ1) is 26.9. The van der Waals surface area contributed by atoms with Gasteiger partial charge in [0.1, 0.15) is 5.60 Å². The molecular formula is C28H32F2N2O4. The van der Waals surface area contributed by atoms with Gasteiger partial charge < -0.3 is 19.1 Å². The van der Waals surface area contributed by atoms with E-state index < -0.39 is 18.2 Å². The van der Waals surface area contributed by atoms with Crippen LogP contribution in [0, 0.1) is 0 Å². The molecule has 2 aromatic carbocycles. The molecular weight excluding hydrogens is 466 g/mol. The van der Waals surface area contributed by atoms with Gasteiger partial charge in [0.15, 0.2) is 11.5 Å². The van der Waals surface area contributed by atoms with Crippen LogP contribution in [0.3, 0.4) is 0 Å². The second-order valence-electron chi connectivity index (χ2n) is 9.21. The minimum absolute atomic E-state index is 0.0218. The number of esters is 1. The molecule has 192 valence electrons. The number of pyridine rings is 1. The minimum Gasteiger partial charge on any atom is -0.490 e. The summed E-state index contributed by atoms with van der Waals surface area (Å²) < 4.78 is 41.9. The maximum Gasteiger partial charge on any atom is 0.387 e. The fourth-order valence-corrected chi connectivity index (χ4v) is 3.42. The third-order valence-electron chi connectivity index (χ3n) is 5.09. The van der Waals surface area contributed by atoms with E-state index >= 15 is 0 Å². The molecule has 3 rings (SSSR count). The number of benzene rings is 2. The lowest BCUT2D eigenvalue weighted by molar-refractivity contribution is -0.0515. The van der Waals surface area contributed by atoms with Crippen LogP contribution >= 0.6 is 0 Å². The molecule has 0 bridgehead atoms. The molecule has 0 N–H and O–H groups in total. The number of anilines is 2. The Morgan fingerprint density at radius 1 is 1.03 bits per heavy atom. The monoisotopic (exact) mass is 498 g/mol. The van der Waals surface area contributed by atoms with Crippen LogP contribution in [-0.4, -0.2) is 29.8 Å². The van der Waals surface area contributed by atoms with E-state index in [0.717, 1.165) is 24.1 Å². The molecule has 6 nitrogen and oxygen atoms in total. The molecule has 0 saturated heterocycles. The molecule has 0 saturated carbocycles. The number of ether oxygens (including phenoxy) is 3. The predicted octanol–water partition coefficient (Wildman–Crippen LogP) is 7.16. The number of halogens is 2. The Morgan fingerprint density at radius 2 is 1.75 bits per heavy atom. The van der Waals surface area contributed by atoms with Gasteiger partial charge in [-0.3, -0.25) is 4.98 Å². The van der Waals surface area contributed by atoms with Crippen molar-refractivity contribution in [3.8, 4) is 11.5 Å². The predicted molar refractivity (Wildman–Crippen MR) is 135 cm³/mol. The zero-order valence-corrected chi connectivity index (χ0v) is 21.0. The van der Waals surface area contributed by atoms with Gasteiger partial charge in [-0.1, -0.05) is 19.4 Å². The summed E-state index contributed by atoms with van der Waals surface area (Å²) in [5.41, 5.74) is 2.26. The first-order valence-corrected chi connectivity index (χ1v) is 11.9. The number of carbonyl (C=O) groups is 1. The Hall–Kier alpha value is -3.68. The van der Waals surface area contributed by atoms with Crippen molar-refractivity contribution in [2.24, 2.45) is 0 Å². The first-order valence-electron chi connectivity index (χ1n) is 11.9. The highest BCUT2D eigenvalue weighted by atomic mass is 19.3. The number of carbonyl (C=O) groups excluding carboxylic acids is 1. The van der Waals surface area contributed by atoms with E-state index in [0.29, 0.717) is 24.4 Å². The third-order valence-corrected chi connectivity index (χ3v) is 5.09. The molecule has 0 fully saturated rings. The summed E-state index contributed by atoms with van der Waals surface area (Å²) >= 11 is 0. The fourth-order valence-electron chi connectivity index (χ4n) is 3.42. The summed E-state index contributed by atoms with van der Waals surface area (Å²) in [6.45, 7) is 5.34. The van der Waals surface area contributed by atoms with Crippen LogP contribution in [0.4, 0.5) is 20.2 Å². The number of nitrogens with zero attached hydrogens (tertiary/aromatic N) is 2. The lowest BCUT2D eigenvalue weighted by Crippen LogP contribution is -2.24. The maximum absolute atomic E-state index is 13.0. The van der Waals surface area contributed by atoms with Crippen molar-refractivity contribution in [2.45, 2.75) is 59.3 Å². The van der Waals surface area contributed by atoms with Gasteiger partial charge in [0.05, 0.1) is 12.2 Å². The van der Waals surface area contributed by atoms with Crippen LogP contribution in [0.15, 0.2) is 67.0 Å². The summed E-state index contributed by atoms with van der Waals surface area (Å²) in [6, 6.07) is 15.7. The largest absolute Gasteiger partial charge is 0.490 e. The normalized spacial score (nSPS) is 11.3. The third kappa shape index (κ3) is 7.93. The Bertz CT molecular complexity index is 1120. The van der Waals surface area contributed by atoms with Gasteiger partial charge in [0.2, 0.25) is 0 Å². The van der Waals surface area contributed by atoms with Gasteiger partial charge in [-0.15, -0.1) is 0 Å². The second-order valence-corrected chi connectivity index (χ2v) is 9.21. The highest BCUT2D eigenvalue weighted by Gasteiger charge is 2.20. The van der Waals surface area contributed by atoms with Crippen LogP contribution in [0.25, 0.3) is 0 Å². The fraction of sp³-hybridized carbons (Fsp3) is 0.357. The van der Waals surface area contributed by atoms with Crippen molar-refractivity contribution in [3.05, 3.63) is 78.1 Å². The molecule has 1 aromatic heterocycles. The number of rotatable bonds is 11. The van der Waals surface area contributed by atoms with Crippen LogP contribution in [0.2, 0.25) is 0 Å². The van der Waals surface area contributed by atoms with Gasteiger partial charge >= 0.3 is 12.6 Å². The molecule has 0 radical (unpaired) electrons. The molecule has 8 heteroatoms. The van der Waals surface area contributed by atoms with Crippen LogP contribution < -0.4 is 14.4 Å². The standard InChI is InChI=1S/C28H32F2N2O4/c1-5-6-16-34-25-17-23(13-14-24(25)35-27(29)30)32(19-20-8-7-15-31-18-20)22-11-9-21(10-12-22)26(33)36-28(2,3)4/h7-15,17-18,27H,5-6,16,19H2,1-4H3. The Balaban J connectivity index is 1.97. The molecule has 0 aliphatic rings. The van der Waals surface area contributed by atoms with E-state index in [9.17, 15) is 13.6 Å². The zero-order chi connectivity index (χ0) is 26.1. The van der Waals surface area contributed by atoms with E-state index in [2.05, 4.69) is 9.72 Å². The highest BCUT2D eigenvalue weighted by Crippen LogP contribution is 2.37. The van der Waals surface area contributed by atoms with Crippen molar-refractivity contribution >= 4 is 17.3 Å². The van der Waals surface area contributed by atoms with Crippen LogP contribution in [0.5, 0.6) is 11.5 Å². The zero-order valence-electron chi connectivity index (χ0n) is 21.0. The number of alkyl halides is 2. The Labute approximate surface area is 210 Å². The van der Waals surface area contributed by atoms with Crippen molar-refractivity contribution in [3.63, 3.8) is 0 Å². The molecule has 3 aromatic rings. The van der Waals surface area contributed by atoms with E-state index in [-0.39, 0.29) is 11.5 Å². The smallest absolute Gasteiger partial charge is 0.387 e. The summed E-state index contributed by atoms with van der Waals surface area (Å²) in [7, 11) is 0. The van der Waals surface area contributed by atoms with Crippen molar-refractivity contribution < 1.29 is 27.8 Å². The molecule has 0 atom stereocenters. The van der Waals surface area contributed by atoms with Gasteiger partial charge in [-0.25, -0.2) is 4.79 Å².